The lowest BCUT2D eigenvalue weighted by Crippen LogP contribution is -2.57. The fraction of sp³-hybridized carbons (Fsp3) is 0.522. The van der Waals surface area contributed by atoms with Crippen LogP contribution in [-0.4, -0.2) is 60.4 Å². The molecule has 3 amide bonds. The summed E-state index contributed by atoms with van der Waals surface area (Å²) in [6, 6.07) is 8.48. The van der Waals surface area contributed by atoms with Crippen molar-refractivity contribution in [3.05, 3.63) is 48.0 Å². The third-order valence-electron chi connectivity index (χ3n) is 6.00. The van der Waals surface area contributed by atoms with E-state index >= 15 is 0 Å². The number of carbonyl (C=O) groups excluding carboxylic acids is 3. The van der Waals surface area contributed by atoms with Crippen LogP contribution in [0.3, 0.4) is 0 Å². The summed E-state index contributed by atoms with van der Waals surface area (Å²) in [4.78, 5) is 40.3. The molecule has 3 rings (SSSR count). The van der Waals surface area contributed by atoms with Crippen LogP contribution in [0.15, 0.2) is 42.5 Å². The predicted octanol–water partition coefficient (Wildman–Crippen LogP) is 1.15. The minimum Gasteiger partial charge on any atom is -0.354 e. The van der Waals surface area contributed by atoms with E-state index in [2.05, 4.69) is 22.0 Å². The van der Waals surface area contributed by atoms with Gasteiger partial charge < -0.3 is 20.9 Å². The SMILES string of the molecule is CNC(C)C(=O)NC1C/C=C\C[C@H]2CC[C@@H](C(=O)NCCc3ccccc3)N2C1=O. The third kappa shape index (κ3) is 5.27. The molecule has 2 heterocycles. The van der Waals surface area contributed by atoms with Gasteiger partial charge >= 0.3 is 0 Å². The van der Waals surface area contributed by atoms with Gasteiger partial charge in [-0.2, -0.15) is 0 Å². The Bertz CT molecular complexity index is 780. The molecule has 7 nitrogen and oxygen atoms in total. The van der Waals surface area contributed by atoms with Crippen LogP contribution in [0.2, 0.25) is 0 Å². The molecule has 1 aromatic carbocycles. The van der Waals surface area contributed by atoms with Crippen LogP contribution >= 0.6 is 0 Å². The van der Waals surface area contributed by atoms with E-state index in [9.17, 15) is 14.4 Å². The van der Waals surface area contributed by atoms with Crippen molar-refractivity contribution >= 4 is 17.7 Å². The second-order valence-electron chi connectivity index (χ2n) is 8.03. The van der Waals surface area contributed by atoms with Gasteiger partial charge in [0.2, 0.25) is 17.7 Å². The highest BCUT2D eigenvalue weighted by Gasteiger charge is 2.43. The standard InChI is InChI=1S/C23H32N4O3/c1-16(24-2)21(28)26-19-11-7-6-10-18-12-13-20(27(18)23(19)30)22(29)25-15-14-17-8-4-3-5-9-17/h3-9,16,18-20,24H,10-15H2,1-2H3,(H,25,29)(H,26,28)/b7-6-/t16?,18-,19?,20-/m0/s1. The van der Waals surface area contributed by atoms with Gasteiger partial charge in [-0.05, 0) is 51.6 Å². The molecule has 7 heteroatoms. The number of rotatable bonds is 7. The summed E-state index contributed by atoms with van der Waals surface area (Å²) >= 11 is 0. The normalized spacial score (nSPS) is 25.6. The van der Waals surface area contributed by atoms with Gasteiger partial charge in [-0.25, -0.2) is 0 Å². The summed E-state index contributed by atoms with van der Waals surface area (Å²) in [5.74, 6) is -0.494. The molecule has 2 unspecified atom stereocenters. The number of amides is 3. The summed E-state index contributed by atoms with van der Waals surface area (Å²) in [7, 11) is 1.70. The van der Waals surface area contributed by atoms with E-state index in [0.29, 0.717) is 19.4 Å². The van der Waals surface area contributed by atoms with E-state index in [0.717, 1.165) is 24.8 Å². The molecule has 0 bridgehead atoms. The highest BCUT2D eigenvalue weighted by atomic mass is 16.2. The average Bonchev–Trinajstić information content (AvgIpc) is 3.17. The molecule has 162 valence electrons. The van der Waals surface area contributed by atoms with Crippen molar-refractivity contribution in [2.45, 2.75) is 63.2 Å². The Morgan fingerprint density at radius 1 is 1.13 bits per heavy atom. The maximum absolute atomic E-state index is 13.3. The van der Waals surface area contributed by atoms with Crippen molar-refractivity contribution in [2.75, 3.05) is 13.6 Å². The van der Waals surface area contributed by atoms with Gasteiger partial charge in [0, 0.05) is 12.6 Å². The Kier molecular flexibility index (Phi) is 7.63. The Morgan fingerprint density at radius 3 is 2.60 bits per heavy atom. The first-order valence-corrected chi connectivity index (χ1v) is 10.8. The summed E-state index contributed by atoms with van der Waals surface area (Å²) in [5, 5.41) is 8.73. The fourth-order valence-corrected chi connectivity index (χ4v) is 4.11. The maximum atomic E-state index is 13.3. The molecule has 1 fully saturated rings. The molecule has 0 aromatic heterocycles. The molecular formula is C23H32N4O3. The van der Waals surface area contributed by atoms with Crippen LogP contribution in [0.4, 0.5) is 0 Å². The average molecular weight is 413 g/mol. The van der Waals surface area contributed by atoms with Crippen LogP contribution in [0, 0.1) is 0 Å². The molecule has 4 atom stereocenters. The highest BCUT2D eigenvalue weighted by molar-refractivity contribution is 5.93. The molecule has 0 radical (unpaired) electrons. The van der Waals surface area contributed by atoms with Crippen LogP contribution in [-0.2, 0) is 20.8 Å². The fourth-order valence-electron chi connectivity index (χ4n) is 4.11. The molecule has 0 saturated carbocycles. The van der Waals surface area contributed by atoms with E-state index in [-0.39, 0.29) is 23.8 Å². The number of hydrogen-bond donors (Lipinski definition) is 3. The van der Waals surface area contributed by atoms with E-state index < -0.39 is 18.1 Å². The van der Waals surface area contributed by atoms with E-state index in [4.69, 9.17) is 0 Å². The van der Waals surface area contributed by atoms with Crippen LogP contribution in [0.1, 0.15) is 38.2 Å². The van der Waals surface area contributed by atoms with Gasteiger partial charge in [-0.3, -0.25) is 14.4 Å². The third-order valence-corrected chi connectivity index (χ3v) is 6.00. The lowest BCUT2D eigenvalue weighted by Gasteiger charge is -2.34. The number of likely N-dealkylation sites (N-methyl/N-ethyl adjacent to an activating group) is 1. The molecule has 0 aliphatic carbocycles. The molecular weight excluding hydrogens is 380 g/mol. The molecule has 1 saturated heterocycles. The Morgan fingerprint density at radius 2 is 1.87 bits per heavy atom. The zero-order valence-electron chi connectivity index (χ0n) is 17.8. The van der Waals surface area contributed by atoms with Crippen molar-refractivity contribution in [1.29, 1.82) is 0 Å². The summed E-state index contributed by atoms with van der Waals surface area (Å²) < 4.78 is 0. The molecule has 2 aliphatic rings. The van der Waals surface area contributed by atoms with Crippen molar-refractivity contribution in [3.8, 4) is 0 Å². The van der Waals surface area contributed by atoms with Gasteiger partial charge in [0.25, 0.3) is 0 Å². The topological polar surface area (TPSA) is 90.5 Å². The molecule has 30 heavy (non-hydrogen) atoms. The molecule has 2 aliphatic heterocycles. The van der Waals surface area contributed by atoms with Gasteiger partial charge in [0.1, 0.15) is 12.1 Å². The summed E-state index contributed by atoms with van der Waals surface area (Å²) in [6.45, 7) is 2.28. The largest absolute Gasteiger partial charge is 0.354 e. The zero-order chi connectivity index (χ0) is 21.5. The van der Waals surface area contributed by atoms with Crippen LogP contribution in [0.5, 0.6) is 0 Å². The van der Waals surface area contributed by atoms with Gasteiger partial charge in [-0.15, -0.1) is 0 Å². The monoisotopic (exact) mass is 412 g/mol. The number of hydrogen-bond acceptors (Lipinski definition) is 4. The van der Waals surface area contributed by atoms with Gasteiger partial charge in [0.05, 0.1) is 6.04 Å². The lowest BCUT2D eigenvalue weighted by atomic mass is 10.0. The summed E-state index contributed by atoms with van der Waals surface area (Å²) in [6.07, 6.45) is 7.38. The predicted molar refractivity (Wildman–Crippen MR) is 116 cm³/mol. The van der Waals surface area contributed by atoms with Crippen molar-refractivity contribution < 1.29 is 14.4 Å². The molecule has 1 aromatic rings. The molecule has 3 N–H and O–H groups in total. The first-order chi connectivity index (χ1) is 14.5. The smallest absolute Gasteiger partial charge is 0.246 e. The Hall–Kier alpha value is -2.67. The first-order valence-electron chi connectivity index (χ1n) is 10.8. The Labute approximate surface area is 178 Å². The first kappa shape index (κ1) is 22.0. The van der Waals surface area contributed by atoms with E-state index in [1.54, 1.807) is 18.9 Å². The number of carbonyl (C=O) groups is 3. The minimum atomic E-state index is -0.648. The van der Waals surface area contributed by atoms with Gasteiger partial charge in [-0.1, -0.05) is 42.5 Å². The Balaban J connectivity index is 1.65. The van der Waals surface area contributed by atoms with E-state index in [1.807, 2.05) is 36.4 Å². The second kappa shape index (κ2) is 10.4. The summed E-state index contributed by atoms with van der Waals surface area (Å²) in [5.41, 5.74) is 1.16. The van der Waals surface area contributed by atoms with Crippen molar-refractivity contribution in [3.63, 3.8) is 0 Å². The van der Waals surface area contributed by atoms with E-state index in [1.165, 1.54) is 0 Å². The van der Waals surface area contributed by atoms with Gasteiger partial charge in [0.15, 0.2) is 0 Å². The van der Waals surface area contributed by atoms with Crippen LogP contribution < -0.4 is 16.0 Å². The minimum absolute atomic E-state index is 0.0000454. The maximum Gasteiger partial charge on any atom is 0.246 e. The second-order valence-corrected chi connectivity index (χ2v) is 8.03. The lowest BCUT2D eigenvalue weighted by molar-refractivity contribution is -0.143. The number of nitrogens with one attached hydrogen (secondary N) is 3. The quantitative estimate of drug-likeness (QED) is 0.586. The zero-order valence-corrected chi connectivity index (χ0v) is 17.8. The van der Waals surface area contributed by atoms with Crippen molar-refractivity contribution in [2.24, 2.45) is 0 Å². The molecule has 0 spiro atoms. The van der Waals surface area contributed by atoms with Crippen molar-refractivity contribution in [1.82, 2.24) is 20.9 Å². The van der Waals surface area contributed by atoms with Crippen LogP contribution in [0.25, 0.3) is 0 Å². The number of fused-ring (bicyclic) bond motifs is 1. The number of benzene rings is 1. The highest BCUT2D eigenvalue weighted by Crippen LogP contribution is 2.29. The number of nitrogens with zero attached hydrogens (tertiary/aromatic N) is 1.